The first kappa shape index (κ1) is 20.0. The number of morpholine rings is 1. The fraction of sp³-hybridized carbons (Fsp3) is 0.476. The molecule has 0 amide bonds. The van der Waals surface area contributed by atoms with Crippen LogP contribution in [-0.2, 0) is 4.74 Å². The van der Waals surface area contributed by atoms with Crippen LogP contribution in [0.25, 0.3) is 10.9 Å². The Kier molecular flexibility index (Phi) is 6.22. The Bertz CT molecular complexity index is 965. The molecular formula is C21H27N5O2S. The van der Waals surface area contributed by atoms with Crippen molar-refractivity contribution in [3.8, 4) is 5.75 Å². The summed E-state index contributed by atoms with van der Waals surface area (Å²) < 4.78 is 11.5. The average Bonchev–Trinajstić information content (AvgIpc) is 3.04. The van der Waals surface area contributed by atoms with E-state index in [1.807, 2.05) is 13.0 Å². The molecule has 0 saturated carbocycles. The zero-order valence-corrected chi connectivity index (χ0v) is 18.0. The number of aryl methyl sites for hydroxylation is 3. The van der Waals surface area contributed by atoms with Crippen molar-refractivity contribution < 1.29 is 9.47 Å². The van der Waals surface area contributed by atoms with Crippen LogP contribution >= 0.6 is 11.3 Å². The lowest BCUT2D eigenvalue weighted by Crippen LogP contribution is -2.37. The molecule has 0 aliphatic carbocycles. The molecule has 29 heavy (non-hydrogen) atoms. The summed E-state index contributed by atoms with van der Waals surface area (Å²) in [6, 6.07) is 4.09. The first-order chi connectivity index (χ1) is 14.1. The van der Waals surface area contributed by atoms with E-state index in [4.69, 9.17) is 9.47 Å². The van der Waals surface area contributed by atoms with Crippen LogP contribution in [0.2, 0.25) is 0 Å². The van der Waals surface area contributed by atoms with Crippen molar-refractivity contribution in [1.29, 1.82) is 0 Å². The summed E-state index contributed by atoms with van der Waals surface area (Å²) in [5, 5.41) is 5.16. The van der Waals surface area contributed by atoms with Gasteiger partial charge in [0.2, 0.25) is 0 Å². The molecule has 1 aliphatic rings. The first-order valence-electron chi connectivity index (χ1n) is 9.99. The molecule has 0 atom stereocenters. The molecule has 1 N–H and O–H groups in total. The molecule has 0 radical (unpaired) electrons. The predicted octanol–water partition coefficient (Wildman–Crippen LogP) is 3.86. The summed E-state index contributed by atoms with van der Waals surface area (Å²) in [7, 11) is 0. The van der Waals surface area contributed by atoms with Gasteiger partial charge < -0.3 is 14.8 Å². The Morgan fingerprint density at radius 2 is 2.00 bits per heavy atom. The van der Waals surface area contributed by atoms with Gasteiger partial charge in [-0.2, -0.15) is 0 Å². The van der Waals surface area contributed by atoms with E-state index >= 15 is 0 Å². The molecule has 3 heterocycles. The lowest BCUT2D eigenvalue weighted by molar-refractivity contribution is 0.0358. The van der Waals surface area contributed by atoms with E-state index < -0.39 is 0 Å². The van der Waals surface area contributed by atoms with E-state index in [1.54, 1.807) is 17.7 Å². The lowest BCUT2D eigenvalue weighted by Gasteiger charge is -2.26. The summed E-state index contributed by atoms with van der Waals surface area (Å²) in [5.74, 6) is 1.65. The summed E-state index contributed by atoms with van der Waals surface area (Å²) in [5.41, 5.74) is 2.98. The molecule has 8 heteroatoms. The van der Waals surface area contributed by atoms with Gasteiger partial charge >= 0.3 is 0 Å². The Morgan fingerprint density at radius 3 is 2.76 bits per heavy atom. The van der Waals surface area contributed by atoms with Crippen LogP contribution < -0.4 is 10.1 Å². The van der Waals surface area contributed by atoms with Gasteiger partial charge in [-0.15, -0.1) is 11.3 Å². The van der Waals surface area contributed by atoms with Crippen molar-refractivity contribution in [2.75, 3.05) is 44.8 Å². The number of anilines is 2. The number of hydrogen-bond acceptors (Lipinski definition) is 8. The summed E-state index contributed by atoms with van der Waals surface area (Å²) in [4.78, 5) is 17.0. The van der Waals surface area contributed by atoms with Gasteiger partial charge in [0.05, 0.1) is 31.0 Å². The Hall–Kier alpha value is -2.29. The van der Waals surface area contributed by atoms with Gasteiger partial charge in [-0.05, 0) is 38.8 Å². The Morgan fingerprint density at radius 1 is 1.17 bits per heavy atom. The van der Waals surface area contributed by atoms with E-state index in [1.165, 1.54) is 4.88 Å². The smallest absolute Gasteiger partial charge is 0.188 e. The quantitative estimate of drug-likeness (QED) is 0.590. The maximum atomic E-state index is 6.06. The van der Waals surface area contributed by atoms with Gasteiger partial charge in [0.15, 0.2) is 5.13 Å². The molecule has 7 nitrogen and oxygen atoms in total. The summed E-state index contributed by atoms with van der Waals surface area (Å²) >= 11 is 1.63. The van der Waals surface area contributed by atoms with Gasteiger partial charge in [0.1, 0.15) is 17.9 Å². The number of aromatic nitrogens is 3. The van der Waals surface area contributed by atoms with Crippen LogP contribution in [-0.4, -0.2) is 59.3 Å². The van der Waals surface area contributed by atoms with E-state index in [9.17, 15) is 0 Å². The van der Waals surface area contributed by atoms with Crippen molar-refractivity contribution in [3.63, 3.8) is 0 Å². The monoisotopic (exact) mass is 413 g/mol. The molecule has 1 aromatic carbocycles. The van der Waals surface area contributed by atoms with Crippen molar-refractivity contribution in [3.05, 3.63) is 34.6 Å². The highest BCUT2D eigenvalue weighted by Crippen LogP contribution is 2.31. The number of rotatable bonds is 7. The second-order valence-electron chi connectivity index (χ2n) is 7.30. The molecule has 1 saturated heterocycles. The largest absolute Gasteiger partial charge is 0.493 e. The third-order valence-corrected chi connectivity index (χ3v) is 6.15. The third-order valence-electron chi connectivity index (χ3n) is 5.17. The average molecular weight is 414 g/mol. The fourth-order valence-electron chi connectivity index (χ4n) is 3.37. The zero-order valence-electron chi connectivity index (χ0n) is 17.2. The van der Waals surface area contributed by atoms with Gasteiger partial charge in [0.25, 0.3) is 0 Å². The highest BCUT2D eigenvalue weighted by molar-refractivity contribution is 7.15. The van der Waals surface area contributed by atoms with Gasteiger partial charge in [-0.1, -0.05) is 0 Å². The van der Waals surface area contributed by atoms with Crippen LogP contribution in [0.4, 0.5) is 10.9 Å². The van der Waals surface area contributed by atoms with Crippen molar-refractivity contribution in [2.24, 2.45) is 0 Å². The van der Waals surface area contributed by atoms with Gasteiger partial charge in [-0.25, -0.2) is 15.0 Å². The van der Waals surface area contributed by atoms with Crippen LogP contribution in [0.15, 0.2) is 18.5 Å². The summed E-state index contributed by atoms with van der Waals surface area (Å²) in [6.07, 6.45) is 2.58. The minimum absolute atomic E-state index is 0.692. The minimum atomic E-state index is 0.692. The minimum Gasteiger partial charge on any atom is -0.493 e. The number of nitrogens with one attached hydrogen (secondary N) is 1. The maximum Gasteiger partial charge on any atom is 0.188 e. The van der Waals surface area contributed by atoms with E-state index in [-0.39, 0.29) is 0 Å². The lowest BCUT2D eigenvalue weighted by atomic mass is 10.1. The van der Waals surface area contributed by atoms with Crippen molar-refractivity contribution in [2.45, 2.75) is 27.2 Å². The van der Waals surface area contributed by atoms with E-state index in [0.717, 1.165) is 78.1 Å². The van der Waals surface area contributed by atoms with Crippen molar-refractivity contribution >= 4 is 33.2 Å². The molecule has 2 aromatic heterocycles. The number of hydrogen-bond donors (Lipinski definition) is 1. The number of fused-ring (bicyclic) bond motifs is 1. The normalized spacial score (nSPS) is 15.0. The molecule has 0 bridgehead atoms. The standard InChI is InChI=1S/C21H27N5O2S/c1-14-11-17-18(12-19(14)28-8-4-5-26-6-9-27-10-7-26)22-13-23-20(17)25-21-24-15(2)16(3)29-21/h11-13H,4-10H2,1-3H3,(H,22,23,24,25). The highest BCUT2D eigenvalue weighted by atomic mass is 32.1. The highest BCUT2D eigenvalue weighted by Gasteiger charge is 2.12. The Labute approximate surface area is 175 Å². The number of benzene rings is 1. The molecular weight excluding hydrogens is 386 g/mol. The molecule has 1 aliphatic heterocycles. The third kappa shape index (κ3) is 4.83. The molecule has 4 rings (SSSR count). The number of thiazole rings is 1. The Balaban J connectivity index is 1.44. The summed E-state index contributed by atoms with van der Waals surface area (Å²) in [6.45, 7) is 11.6. The van der Waals surface area contributed by atoms with Gasteiger partial charge in [0, 0.05) is 36.0 Å². The SMILES string of the molecule is Cc1cc2c(Nc3nc(C)c(C)s3)ncnc2cc1OCCCN1CCOCC1. The predicted molar refractivity (Wildman–Crippen MR) is 117 cm³/mol. The second-order valence-corrected chi connectivity index (χ2v) is 8.50. The second kappa shape index (κ2) is 9.02. The molecule has 1 fully saturated rings. The van der Waals surface area contributed by atoms with E-state index in [0.29, 0.717) is 6.61 Å². The number of nitrogens with zero attached hydrogens (tertiary/aromatic N) is 4. The first-order valence-corrected chi connectivity index (χ1v) is 10.8. The van der Waals surface area contributed by atoms with Crippen molar-refractivity contribution in [1.82, 2.24) is 19.9 Å². The van der Waals surface area contributed by atoms with Crippen LogP contribution in [0.3, 0.4) is 0 Å². The van der Waals surface area contributed by atoms with Crippen LogP contribution in [0.5, 0.6) is 5.75 Å². The molecule has 154 valence electrons. The zero-order chi connectivity index (χ0) is 20.2. The topological polar surface area (TPSA) is 72.4 Å². The molecule has 0 unspecified atom stereocenters. The molecule has 3 aromatic rings. The van der Waals surface area contributed by atoms with Gasteiger partial charge in [-0.3, -0.25) is 4.90 Å². The fourth-order valence-corrected chi connectivity index (χ4v) is 4.18. The van der Waals surface area contributed by atoms with Crippen LogP contribution in [0, 0.1) is 20.8 Å². The van der Waals surface area contributed by atoms with Crippen LogP contribution in [0.1, 0.15) is 22.6 Å². The molecule has 0 spiro atoms. The maximum absolute atomic E-state index is 6.06. The van der Waals surface area contributed by atoms with E-state index in [2.05, 4.69) is 45.1 Å². The number of ether oxygens (including phenoxy) is 2.